The second-order valence-electron chi connectivity index (χ2n) is 3.78. The van der Waals surface area contributed by atoms with E-state index in [4.69, 9.17) is 5.11 Å². The molecule has 0 aliphatic rings. The monoisotopic (exact) mass is 244 g/mol. The number of benzene rings is 1. The van der Waals surface area contributed by atoms with E-state index in [1.54, 1.807) is 0 Å². The summed E-state index contributed by atoms with van der Waals surface area (Å²) in [7, 11) is 0. The van der Waals surface area contributed by atoms with E-state index in [2.05, 4.69) is 20.6 Å². The average Bonchev–Trinajstić information content (AvgIpc) is 2.41. The minimum Gasteiger partial charge on any atom is -0.396 e. The molecule has 0 radical (unpaired) electrons. The summed E-state index contributed by atoms with van der Waals surface area (Å²) in [6.07, 6.45) is 2.21. The molecule has 0 bridgehead atoms. The van der Waals surface area contributed by atoms with Gasteiger partial charge in [0, 0.05) is 24.9 Å². The van der Waals surface area contributed by atoms with Crippen molar-refractivity contribution in [2.45, 2.75) is 6.42 Å². The molecule has 0 spiro atoms. The summed E-state index contributed by atoms with van der Waals surface area (Å²) in [5.41, 5.74) is 0.984. The Labute approximate surface area is 106 Å². The summed E-state index contributed by atoms with van der Waals surface area (Å²) in [5, 5.41) is 15.0. The Bertz CT molecular complexity index is 475. The van der Waals surface area contributed by atoms with E-state index in [0.717, 1.165) is 17.3 Å². The highest BCUT2D eigenvalue weighted by atomic mass is 16.3. The fourth-order valence-corrected chi connectivity index (χ4v) is 1.49. The third-order valence-corrected chi connectivity index (χ3v) is 2.35. The highest BCUT2D eigenvalue weighted by Gasteiger charge is 1.98. The van der Waals surface area contributed by atoms with Crippen LogP contribution in [0.5, 0.6) is 0 Å². The van der Waals surface area contributed by atoms with Crippen LogP contribution in [0.2, 0.25) is 0 Å². The lowest BCUT2D eigenvalue weighted by molar-refractivity contribution is 0.292. The number of rotatable bonds is 6. The van der Waals surface area contributed by atoms with Gasteiger partial charge in [-0.25, -0.2) is 9.97 Å². The fraction of sp³-hybridized carbons (Fsp3) is 0.231. The third kappa shape index (κ3) is 3.71. The van der Waals surface area contributed by atoms with E-state index in [1.807, 2.05) is 36.4 Å². The quantitative estimate of drug-likeness (QED) is 0.678. The van der Waals surface area contributed by atoms with Crippen LogP contribution in [0.1, 0.15) is 6.42 Å². The first kappa shape index (κ1) is 12.3. The number of aliphatic hydroxyl groups excluding tert-OH is 1. The van der Waals surface area contributed by atoms with Crippen molar-refractivity contribution in [1.82, 2.24) is 9.97 Å². The van der Waals surface area contributed by atoms with E-state index >= 15 is 0 Å². The predicted octanol–water partition coefficient (Wildman–Crippen LogP) is 2.01. The smallest absolute Gasteiger partial charge is 0.135 e. The molecule has 5 nitrogen and oxygen atoms in total. The summed E-state index contributed by atoms with van der Waals surface area (Å²) < 4.78 is 0. The molecule has 1 heterocycles. The van der Waals surface area contributed by atoms with Gasteiger partial charge in [0.05, 0.1) is 0 Å². The Morgan fingerprint density at radius 1 is 1.06 bits per heavy atom. The van der Waals surface area contributed by atoms with E-state index in [9.17, 15) is 0 Å². The van der Waals surface area contributed by atoms with Crippen LogP contribution in [0, 0.1) is 0 Å². The van der Waals surface area contributed by atoms with Crippen LogP contribution >= 0.6 is 0 Å². The lowest BCUT2D eigenvalue weighted by atomic mass is 10.3. The molecular formula is C13H16N4O. The van der Waals surface area contributed by atoms with Crippen LogP contribution in [0.25, 0.3) is 0 Å². The van der Waals surface area contributed by atoms with Crippen molar-refractivity contribution < 1.29 is 5.11 Å². The molecule has 0 amide bonds. The van der Waals surface area contributed by atoms with Crippen molar-refractivity contribution >= 4 is 17.3 Å². The van der Waals surface area contributed by atoms with Gasteiger partial charge in [0.2, 0.25) is 0 Å². The first-order valence-electron chi connectivity index (χ1n) is 5.87. The van der Waals surface area contributed by atoms with Gasteiger partial charge >= 0.3 is 0 Å². The number of hydrogen-bond donors (Lipinski definition) is 3. The number of nitrogens with one attached hydrogen (secondary N) is 2. The Morgan fingerprint density at radius 3 is 2.61 bits per heavy atom. The minimum absolute atomic E-state index is 0.174. The molecule has 0 saturated carbocycles. The third-order valence-electron chi connectivity index (χ3n) is 2.35. The zero-order valence-corrected chi connectivity index (χ0v) is 10.0. The zero-order valence-electron chi connectivity index (χ0n) is 10.0. The Hall–Kier alpha value is -2.14. The lowest BCUT2D eigenvalue weighted by Gasteiger charge is -2.08. The van der Waals surface area contributed by atoms with Gasteiger partial charge in [-0.05, 0) is 18.6 Å². The first-order chi connectivity index (χ1) is 8.88. The van der Waals surface area contributed by atoms with E-state index in [0.29, 0.717) is 13.0 Å². The van der Waals surface area contributed by atoms with Gasteiger partial charge in [0.25, 0.3) is 0 Å². The molecule has 18 heavy (non-hydrogen) atoms. The van der Waals surface area contributed by atoms with Crippen LogP contribution < -0.4 is 10.6 Å². The summed E-state index contributed by atoms with van der Waals surface area (Å²) in [4.78, 5) is 8.26. The van der Waals surface area contributed by atoms with Crippen LogP contribution in [0.4, 0.5) is 17.3 Å². The van der Waals surface area contributed by atoms with E-state index < -0.39 is 0 Å². The molecule has 3 N–H and O–H groups in total. The second kappa shape index (κ2) is 6.56. The molecule has 2 rings (SSSR count). The lowest BCUT2D eigenvalue weighted by Crippen LogP contribution is -2.05. The number of para-hydroxylation sites is 1. The van der Waals surface area contributed by atoms with Gasteiger partial charge in [-0.3, -0.25) is 0 Å². The molecule has 1 aromatic carbocycles. The second-order valence-corrected chi connectivity index (χ2v) is 3.78. The standard InChI is InChI=1S/C13H16N4O/c18-8-4-7-14-12-9-13(16-10-15-12)17-11-5-2-1-3-6-11/h1-3,5-6,9-10,18H,4,7-8H2,(H2,14,15,16,17). The Balaban J connectivity index is 1.99. The van der Waals surface area contributed by atoms with Crippen molar-refractivity contribution in [2.75, 3.05) is 23.8 Å². The topological polar surface area (TPSA) is 70.1 Å². The molecule has 0 atom stereocenters. The van der Waals surface area contributed by atoms with Crippen LogP contribution in [0.3, 0.4) is 0 Å². The van der Waals surface area contributed by atoms with Crippen molar-refractivity contribution in [3.63, 3.8) is 0 Å². The number of aromatic nitrogens is 2. The van der Waals surface area contributed by atoms with E-state index in [1.165, 1.54) is 6.33 Å². The maximum Gasteiger partial charge on any atom is 0.135 e. The maximum atomic E-state index is 8.71. The number of aliphatic hydroxyl groups is 1. The molecule has 5 heteroatoms. The van der Waals surface area contributed by atoms with Gasteiger partial charge in [-0.1, -0.05) is 18.2 Å². The number of anilines is 3. The highest BCUT2D eigenvalue weighted by Crippen LogP contribution is 2.15. The van der Waals surface area contributed by atoms with Crippen molar-refractivity contribution in [2.24, 2.45) is 0 Å². The van der Waals surface area contributed by atoms with Gasteiger partial charge in [-0.2, -0.15) is 0 Å². The largest absolute Gasteiger partial charge is 0.396 e. The van der Waals surface area contributed by atoms with Crippen LogP contribution in [-0.2, 0) is 0 Å². The molecule has 1 aromatic heterocycles. The molecule has 0 aliphatic heterocycles. The summed E-state index contributed by atoms with van der Waals surface area (Å²) in [6.45, 7) is 0.867. The first-order valence-corrected chi connectivity index (χ1v) is 5.87. The Morgan fingerprint density at radius 2 is 1.83 bits per heavy atom. The van der Waals surface area contributed by atoms with E-state index in [-0.39, 0.29) is 6.61 Å². The number of hydrogen-bond acceptors (Lipinski definition) is 5. The van der Waals surface area contributed by atoms with Crippen molar-refractivity contribution in [1.29, 1.82) is 0 Å². The molecule has 0 fully saturated rings. The SMILES string of the molecule is OCCCNc1cc(Nc2ccccc2)ncn1. The maximum absolute atomic E-state index is 8.71. The molecule has 0 aliphatic carbocycles. The molecular weight excluding hydrogens is 228 g/mol. The molecule has 94 valence electrons. The van der Waals surface area contributed by atoms with Gasteiger partial charge in [0.1, 0.15) is 18.0 Å². The summed E-state index contributed by atoms with van der Waals surface area (Å²) in [6, 6.07) is 11.7. The van der Waals surface area contributed by atoms with Gasteiger partial charge in [0.15, 0.2) is 0 Å². The number of nitrogens with zero attached hydrogens (tertiary/aromatic N) is 2. The minimum atomic E-state index is 0.174. The Kier molecular flexibility index (Phi) is 4.49. The predicted molar refractivity (Wildman–Crippen MR) is 71.9 cm³/mol. The van der Waals surface area contributed by atoms with Crippen LogP contribution in [0.15, 0.2) is 42.7 Å². The van der Waals surface area contributed by atoms with Gasteiger partial charge in [-0.15, -0.1) is 0 Å². The summed E-state index contributed by atoms with van der Waals surface area (Å²) in [5.74, 6) is 1.49. The normalized spacial score (nSPS) is 10.1. The molecule has 2 aromatic rings. The molecule has 0 unspecified atom stereocenters. The van der Waals surface area contributed by atoms with Crippen LogP contribution in [-0.4, -0.2) is 28.2 Å². The van der Waals surface area contributed by atoms with Gasteiger partial charge < -0.3 is 15.7 Å². The van der Waals surface area contributed by atoms with Crippen molar-refractivity contribution in [3.05, 3.63) is 42.7 Å². The zero-order chi connectivity index (χ0) is 12.6. The average molecular weight is 244 g/mol. The fourth-order valence-electron chi connectivity index (χ4n) is 1.49. The van der Waals surface area contributed by atoms with Crippen molar-refractivity contribution in [3.8, 4) is 0 Å². The summed E-state index contributed by atoms with van der Waals surface area (Å²) >= 11 is 0. The highest BCUT2D eigenvalue weighted by molar-refractivity contribution is 5.58. The molecule has 0 saturated heterocycles.